The Morgan fingerprint density at radius 2 is 1.90 bits per heavy atom. The van der Waals surface area contributed by atoms with Gasteiger partial charge in [0.15, 0.2) is 5.11 Å². The van der Waals surface area contributed by atoms with Gasteiger partial charge in [-0.3, -0.25) is 4.90 Å². The molecule has 1 heterocycles. The molecule has 7 heteroatoms. The third kappa shape index (κ3) is 4.31. The molecule has 1 N–H and O–H groups in total. The zero-order valence-corrected chi connectivity index (χ0v) is 12.6. The van der Waals surface area contributed by atoms with E-state index in [9.17, 15) is 13.2 Å². The first kappa shape index (κ1) is 16.0. The van der Waals surface area contributed by atoms with Crippen molar-refractivity contribution in [3.63, 3.8) is 0 Å². The van der Waals surface area contributed by atoms with Crippen LogP contribution in [0.1, 0.15) is 11.1 Å². The van der Waals surface area contributed by atoms with Gasteiger partial charge in [-0.05, 0) is 23.8 Å². The Kier molecular flexibility index (Phi) is 5.05. The molecule has 0 spiro atoms. The van der Waals surface area contributed by atoms with Gasteiger partial charge in [0, 0.05) is 39.8 Å². The minimum atomic E-state index is -4.28. The first-order chi connectivity index (χ1) is 9.90. The normalized spacial score (nSPS) is 16.9. The molecule has 1 aromatic rings. The second kappa shape index (κ2) is 6.62. The van der Waals surface area contributed by atoms with E-state index >= 15 is 0 Å². The van der Waals surface area contributed by atoms with Gasteiger partial charge in [0.1, 0.15) is 0 Å². The number of alkyl halides is 3. The summed E-state index contributed by atoms with van der Waals surface area (Å²) in [7, 11) is 1.79. The van der Waals surface area contributed by atoms with E-state index in [0.29, 0.717) is 17.2 Å². The summed E-state index contributed by atoms with van der Waals surface area (Å²) in [5.41, 5.74) is 0.101. The molecule has 1 aliphatic rings. The van der Waals surface area contributed by atoms with E-state index in [0.717, 1.165) is 32.2 Å². The first-order valence-electron chi connectivity index (χ1n) is 6.75. The van der Waals surface area contributed by atoms with Gasteiger partial charge in [-0.2, -0.15) is 13.2 Å². The summed E-state index contributed by atoms with van der Waals surface area (Å²) in [6.07, 6.45) is -4.28. The standard InChI is InChI=1S/C14H18F3N3S/c1-18-13(21)20-7-5-19(6-8-20)10-11-3-2-4-12(9-11)14(15,16)17/h2-4,9H,5-8,10H2,1H3,(H,18,21). The van der Waals surface area contributed by atoms with Crippen molar-refractivity contribution < 1.29 is 13.2 Å². The van der Waals surface area contributed by atoms with Gasteiger partial charge in [-0.25, -0.2) is 0 Å². The maximum Gasteiger partial charge on any atom is 0.416 e. The highest BCUT2D eigenvalue weighted by atomic mass is 32.1. The summed E-state index contributed by atoms with van der Waals surface area (Å²) in [6, 6.07) is 5.53. The molecule has 116 valence electrons. The maximum atomic E-state index is 12.7. The zero-order chi connectivity index (χ0) is 15.5. The van der Waals surface area contributed by atoms with Crippen molar-refractivity contribution in [2.75, 3.05) is 33.2 Å². The van der Waals surface area contributed by atoms with E-state index in [1.54, 1.807) is 13.1 Å². The molecule has 0 aliphatic carbocycles. The minimum Gasteiger partial charge on any atom is -0.366 e. The molecule has 3 nitrogen and oxygen atoms in total. The largest absolute Gasteiger partial charge is 0.416 e. The van der Waals surface area contributed by atoms with Gasteiger partial charge < -0.3 is 10.2 Å². The van der Waals surface area contributed by atoms with Crippen LogP contribution in [-0.4, -0.2) is 48.1 Å². The number of hydrogen-bond donors (Lipinski definition) is 1. The third-order valence-corrected chi connectivity index (χ3v) is 4.00. The summed E-state index contributed by atoms with van der Waals surface area (Å²) in [4.78, 5) is 4.21. The molecular weight excluding hydrogens is 299 g/mol. The van der Waals surface area contributed by atoms with E-state index in [4.69, 9.17) is 12.2 Å². The van der Waals surface area contributed by atoms with Crippen molar-refractivity contribution in [3.8, 4) is 0 Å². The maximum absolute atomic E-state index is 12.7. The van der Waals surface area contributed by atoms with E-state index in [2.05, 4.69) is 15.1 Å². The van der Waals surface area contributed by atoms with Crippen LogP contribution in [0.15, 0.2) is 24.3 Å². The molecule has 1 aromatic carbocycles. The fourth-order valence-corrected chi connectivity index (χ4v) is 2.55. The number of nitrogens with zero attached hydrogens (tertiary/aromatic N) is 2. The van der Waals surface area contributed by atoms with Gasteiger partial charge in [0.05, 0.1) is 5.56 Å². The van der Waals surface area contributed by atoms with Crippen LogP contribution < -0.4 is 5.32 Å². The third-order valence-electron chi connectivity index (χ3n) is 3.53. The topological polar surface area (TPSA) is 18.5 Å². The summed E-state index contributed by atoms with van der Waals surface area (Å²) in [5, 5.41) is 3.65. The number of nitrogens with one attached hydrogen (secondary N) is 1. The molecule has 0 unspecified atom stereocenters. The van der Waals surface area contributed by atoms with E-state index < -0.39 is 11.7 Å². The number of halogens is 3. The van der Waals surface area contributed by atoms with Crippen LogP contribution >= 0.6 is 12.2 Å². The van der Waals surface area contributed by atoms with Crippen molar-refractivity contribution >= 4 is 17.3 Å². The molecule has 1 aliphatic heterocycles. The monoisotopic (exact) mass is 317 g/mol. The Balaban J connectivity index is 1.93. The molecule has 0 atom stereocenters. The lowest BCUT2D eigenvalue weighted by Crippen LogP contribution is -2.50. The van der Waals surface area contributed by atoms with Crippen molar-refractivity contribution in [1.29, 1.82) is 0 Å². The Bertz CT molecular complexity index is 496. The fourth-order valence-electron chi connectivity index (χ4n) is 2.37. The van der Waals surface area contributed by atoms with E-state index in [-0.39, 0.29) is 0 Å². The van der Waals surface area contributed by atoms with Crippen LogP contribution in [0.5, 0.6) is 0 Å². The average Bonchev–Trinajstić information content (AvgIpc) is 2.47. The lowest BCUT2D eigenvalue weighted by Gasteiger charge is -2.35. The lowest BCUT2D eigenvalue weighted by molar-refractivity contribution is -0.137. The minimum absolute atomic E-state index is 0.532. The number of piperazine rings is 1. The summed E-state index contributed by atoms with van der Waals surface area (Å²) < 4.78 is 38.1. The fraction of sp³-hybridized carbons (Fsp3) is 0.500. The predicted octanol–water partition coefficient (Wildman–Crippen LogP) is 2.33. The second-order valence-electron chi connectivity index (χ2n) is 5.02. The Morgan fingerprint density at radius 3 is 2.48 bits per heavy atom. The number of rotatable bonds is 2. The number of benzene rings is 1. The van der Waals surface area contributed by atoms with Gasteiger partial charge in [-0.1, -0.05) is 18.2 Å². The second-order valence-corrected chi connectivity index (χ2v) is 5.40. The van der Waals surface area contributed by atoms with Crippen LogP contribution in [0, 0.1) is 0 Å². The molecule has 2 rings (SSSR count). The highest BCUT2D eigenvalue weighted by Gasteiger charge is 2.30. The van der Waals surface area contributed by atoms with Gasteiger partial charge in [-0.15, -0.1) is 0 Å². The van der Waals surface area contributed by atoms with Gasteiger partial charge >= 0.3 is 6.18 Å². The number of hydrogen-bond acceptors (Lipinski definition) is 2. The Hall–Kier alpha value is -1.34. The summed E-state index contributed by atoms with van der Waals surface area (Å²) in [5.74, 6) is 0. The van der Waals surface area contributed by atoms with Crippen LogP contribution in [0.3, 0.4) is 0 Å². The SMILES string of the molecule is CNC(=S)N1CCN(Cc2cccc(C(F)(F)F)c2)CC1. The van der Waals surface area contributed by atoms with Crippen LogP contribution in [0.4, 0.5) is 13.2 Å². The zero-order valence-electron chi connectivity index (χ0n) is 11.8. The predicted molar refractivity (Wildman–Crippen MR) is 80.0 cm³/mol. The van der Waals surface area contributed by atoms with E-state index in [1.807, 2.05) is 0 Å². The molecule has 0 saturated carbocycles. The Morgan fingerprint density at radius 1 is 1.24 bits per heavy atom. The molecule has 1 saturated heterocycles. The molecule has 0 bridgehead atoms. The van der Waals surface area contributed by atoms with Gasteiger partial charge in [0.25, 0.3) is 0 Å². The molecule has 0 amide bonds. The van der Waals surface area contributed by atoms with Crippen LogP contribution in [0.25, 0.3) is 0 Å². The van der Waals surface area contributed by atoms with Gasteiger partial charge in [0.2, 0.25) is 0 Å². The smallest absolute Gasteiger partial charge is 0.366 e. The van der Waals surface area contributed by atoms with E-state index in [1.165, 1.54) is 12.1 Å². The van der Waals surface area contributed by atoms with Crippen molar-refractivity contribution in [1.82, 2.24) is 15.1 Å². The van der Waals surface area contributed by atoms with Crippen molar-refractivity contribution in [2.24, 2.45) is 0 Å². The molecule has 1 fully saturated rings. The van der Waals surface area contributed by atoms with Crippen LogP contribution in [0.2, 0.25) is 0 Å². The average molecular weight is 317 g/mol. The molecular formula is C14H18F3N3S. The highest BCUT2D eigenvalue weighted by molar-refractivity contribution is 7.80. The lowest BCUT2D eigenvalue weighted by atomic mass is 10.1. The molecule has 21 heavy (non-hydrogen) atoms. The van der Waals surface area contributed by atoms with Crippen LogP contribution in [-0.2, 0) is 12.7 Å². The quantitative estimate of drug-likeness (QED) is 0.844. The summed E-state index contributed by atoms with van der Waals surface area (Å²) in [6.45, 7) is 3.69. The molecule has 0 aromatic heterocycles. The van der Waals surface area contributed by atoms with Crippen molar-refractivity contribution in [3.05, 3.63) is 35.4 Å². The number of thiocarbonyl (C=S) groups is 1. The highest BCUT2D eigenvalue weighted by Crippen LogP contribution is 2.29. The Labute approximate surface area is 127 Å². The summed E-state index contributed by atoms with van der Waals surface area (Å²) >= 11 is 5.17. The first-order valence-corrected chi connectivity index (χ1v) is 7.16. The molecule has 0 radical (unpaired) electrons. The van der Waals surface area contributed by atoms with Crippen molar-refractivity contribution in [2.45, 2.75) is 12.7 Å².